The van der Waals surface area contributed by atoms with Gasteiger partial charge in [-0.3, -0.25) is 4.79 Å². The molecule has 1 rings (SSSR count). The molecule has 0 aliphatic rings. The molecule has 0 spiro atoms. The van der Waals surface area contributed by atoms with Crippen molar-refractivity contribution in [2.75, 3.05) is 13.1 Å². The Morgan fingerprint density at radius 1 is 1.40 bits per heavy atom. The zero-order valence-corrected chi connectivity index (χ0v) is 9.49. The lowest BCUT2D eigenvalue weighted by atomic mass is 10.3. The first-order valence-electron chi connectivity index (χ1n) is 5.20. The van der Waals surface area contributed by atoms with Crippen molar-refractivity contribution < 1.29 is 9.21 Å². The zero-order chi connectivity index (χ0) is 11.3. The lowest BCUT2D eigenvalue weighted by molar-refractivity contribution is -0.125. The summed E-state index contributed by atoms with van der Waals surface area (Å²) in [6, 6.07) is 3.73. The van der Waals surface area contributed by atoms with E-state index in [2.05, 4.69) is 0 Å². The number of likely N-dealkylation sites (N-methyl/N-ethyl adjacent to an activating group) is 1. The van der Waals surface area contributed by atoms with Crippen LogP contribution in [0, 0.1) is 6.92 Å². The normalized spacial score (nSPS) is 10.9. The quantitative estimate of drug-likeness (QED) is 0.711. The second-order valence-electron chi connectivity index (χ2n) is 3.29. The molecular formula is C12H17NO2. The molecule has 0 N–H and O–H groups in total. The third-order valence-electron chi connectivity index (χ3n) is 2.23. The van der Waals surface area contributed by atoms with E-state index in [1.54, 1.807) is 17.1 Å². The van der Waals surface area contributed by atoms with Crippen molar-refractivity contribution in [1.82, 2.24) is 4.90 Å². The van der Waals surface area contributed by atoms with Gasteiger partial charge >= 0.3 is 0 Å². The van der Waals surface area contributed by atoms with Crippen molar-refractivity contribution in [3.63, 3.8) is 0 Å². The largest absolute Gasteiger partial charge is 0.462 e. The van der Waals surface area contributed by atoms with Crippen LogP contribution in [0.1, 0.15) is 25.4 Å². The number of furan rings is 1. The molecule has 15 heavy (non-hydrogen) atoms. The lowest BCUT2D eigenvalue weighted by Gasteiger charge is -2.15. The number of hydrogen-bond acceptors (Lipinski definition) is 2. The Morgan fingerprint density at radius 3 is 2.53 bits per heavy atom. The fourth-order valence-electron chi connectivity index (χ4n) is 1.34. The number of hydrogen-bond donors (Lipinski definition) is 0. The van der Waals surface area contributed by atoms with Crippen molar-refractivity contribution in [1.29, 1.82) is 0 Å². The standard InChI is InChI=1S/C12H17NO2/c1-4-13(5-2)12(14)9-8-11-7-6-10(3)15-11/h6-9H,4-5H2,1-3H3/b9-8+. The summed E-state index contributed by atoms with van der Waals surface area (Å²) < 4.78 is 5.32. The third kappa shape index (κ3) is 3.27. The summed E-state index contributed by atoms with van der Waals surface area (Å²) in [5.74, 6) is 1.59. The number of rotatable bonds is 4. The summed E-state index contributed by atoms with van der Waals surface area (Å²) in [5, 5.41) is 0. The Morgan fingerprint density at radius 2 is 2.07 bits per heavy atom. The van der Waals surface area contributed by atoms with Crippen LogP contribution in [0.3, 0.4) is 0 Å². The average molecular weight is 207 g/mol. The molecule has 1 aromatic rings. The molecule has 0 aliphatic carbocycles. The van der Waals surface area contributed by atoms with Gasteiger partial charge in [0.15, 0.2) is 0 Å². The van der Waals surface area contributed by atoms with Crippen molar-refractivity contribution >= 4 is 12.0 Å². The summed E-state index contributed by atoms with van der Waals surface area (Å²) >= 11 is 0. The fraction of sp³-hybridized carbons (Fsp3) is 0.417. The van der Waals surface area contributed by atoms with E-state index in [0.717, 1.165) is 18.8 Å². The molecule has 0 fully saturated rings. The van der Waals surface area contributed by atoms with Gasteiger partial charge in [0, 0.05) is 19.2 Å². The van der Waals surface area contributed by atoms with Crippen molar-refractivity contribution in [2.45, 2.75) is 20.8 Å². The number of nitrogens with zero attached hydrogens (tertiary/aromatic N) is 1. The Kier molecular flexibility index (Phi) is 4.16. The van der Waals surface area contributed by atoms with Gasteiger partial charge in [0.05, 0.1) is 0 Å². The van der Waals surface area contributed by atoms with E-state index in [9.17, 15) is 4.79 Å². The summed E-state index contributed by atoms with van der Waals surface area (Å²) in [4.78, 5) is 13.3. The van der Waals surface area contributed by atoms with E-state index >= 15 is 0 Å². The van der Waals surface area contributed by atoms with Crippen LogP contribution in [0.4, 0.5) is 0 Å². The van der Waals surface area contributed by atoms with Crippen LogP contribution in [-0.4, -0.2) is 23.9 Å². The smallest absolute Gasteiger partial charge is 0.246 e. The van der Waals surface area contributed by atoms with Crippen LogP contribution >= 0.6 is 0 Å². The van der Waals surface area contributed by atoms with Gasteiger partial charge in [-0.2, -0.15) is 0 Å². The van der Waals surface area contributed by atoms with Crippen LogP contribution in [0.25, 0.3) is 6.08 Å². The number of carbonyl (C=O) groups is 1. The highest BCUT2D eigenvalue weighted by molar-refractivity contribution is 5.91. The van der Waals surface area contributed by atoms with E-state index in [4.69, 9.17) is 4.42 Å². The van der Waals surface area contributed by atoms with Gasteiger partial charge < -0.3 is 9.32 Å². The Bertz CT molecular complexity index is 348. The highest BCUT2D eigenvalue weighted by Gasteiger charge is 2.04. The maximum absolute atomic E-state index is 11.6. The molecule has 82 valence electrons. The third-order valence-corrected chi connectivity index (χ3v) is 2.23. The van der Waals surface area contributed by atoms with E-state index in [-0.39, 0.29) is 5.91 Å². The van der Waals surface area contributed by atoms with Crippen LogP contribution in [0.15, 0.2) is 22.6 Å². The first-order chi connectivity index (χ1) is 7.17. The molecular weight excluding hydrogens is 190 g/mol. The molecule has 0 unspecified atom stereocenters. The summed E-state index contributed by atoms with van der Waals surface area (Å²) in [6.07, 6.45) is 3.25. The van der Waals surface area contributed by atoms with Crippen LogP contribution < -0.4 is 0 Å². The van der Waals surface area contributed by atoms with Crippen LogP contribution in [0.5, 0.6) is 0 Å². The minimum atomic E-state index is 0.0223. The zero-order valence-electron chi connectivity index (χ0n) is 9.49. The minimum absolute atomic E-state index is 0.0223. The molecule has 1 aromatic heterocycles. The lowest BCUT2D eigenvalue weighted by Crippen LogP contribution is -2.28. The number of carbonyl (C=O) groups excluding carboxylic acids is 1. The molecule has 0 saturated heterocycles. The van der Waals surface area contributed by atoms with E-state index < -0.39 is 0 Å². The van der Waals surface area contributed by atoms with E-state index in [1.807, 2.05) is 32.9 Å². The van der Waals surface area contributed by atoms with Crippen molar-refractivity contribution in [3.8, 4) is 0 Å². The van der Waals surface area contributed by atoms with Crippen LogP contribution in [-0.2, 0) is 4.79 Å². The molecule has 0 radical (unpaired) electrons. The van der Waals surface area contributed by atoms with Crippen LogP contribution in [0.2, 0.25) is 0 Å². The van der Waals surface area contributed by atoms with Gasteiger partial charge in [0.2, 0.25) is 5.91 Å². The fourth-order valence-corrected chi connectivity index (χ4v) is 1.34. The Balaban J connectivity index is 2.61. The molecule has 0 aliphatic heterocycles. The molecule has 0 aromatic carbocycles. The maximum Gasteiger partial charge on any atom is 0.246 e. The number of amides is 1. The molecule has 0 saturated carbocycles. The van der Waals surface area contributed by atoms with E-state index in [1.165, 1.54) is 0 Å². The maximum atomic E-state index is 11.6. The SMILES string of the molecule is CCN(CC)C(=O)/C=C/c1ccc(C)o1. The van der Waals surface area contributed by atoms with Gasteiger partial charge in [-0.05, 0) is 39.0 Å². The second kappa shape index (κ2) is 5.39. The highest BCUT2D eigenvalue weighted by Crippen LogP contribution is 2.08. The topological polar surface area (TPSA) is 33.5 Å². The molecule has 1 amide bonds. The Labute approximate surface area is 90.4 Å². The van der Waals surface area contributed by atoms with Crippen molar-refractivity contribution in [3.05, 3.63) is 29.7 Å². The first-order valence-corrected chi connectivity index (χ1v) is 5.20. The molecule has 3 heteroatoms. The highest BCUT2D eigenvalue weighted by atomic mass is 16.3. The molecule has 0 bridgehead atoms. The van der Waals surface area contributed by atoms with Crippen molar-refractivity contribution in [2.24, 2.45) is 0 Å². The predicted octanol–water partition coefficient (Wildman–Crippen LogP) is 2.47. The first kappa shape index (κ1) is 11.6. The summed E-state index contributed by atoms with van der Waals surface area (Å²) in [7, 11) is 0. The average Bonchev–Trinajstić information content (AvgIpc) is 2.63. The monoisotopic (exact) mass is 207 g/mol. The van der Waals surface area contributed by atoms with Gasteiger partial charge in [-0.25, -0.2) is 0 Å². The van der Waals surface area contributed by atoms with Gasteiger partial charge in [0.25, 0.3) is 0 Å². The second-order valence-corrected chi connectivity index (χ2v) is 3.29. The molecule has 0 atom stereocenters. The molecule has 1 heterocycles. The van der Waals surface area contributed by atoms with Gasteiger partial charge in [-0.15, -0.1) is 0 Å². The summed E-state index contributed by atoms with van der Waals surface area (Å²) in [5.41, 5.74) is 0. The van der Waals surface area contributed by atoms with Gasteiger partial charge in [0.1, 0.15) is 11.5 Å². The minimum Gasteiger partial charge on any atom is -0.462 e. The predicted molar refractivity (Wildman–Crippen MR) is 60.4 cm³/mol. The molecule has 3 nitrogen and oxygen atoms in total. The number of aryl methyl sites for hydroxylation is 1. The summed E-state index contributed by atoms with van der Waals surface area (Å²) in [6.45, 7) is 7.27. The Hall–Kier alpha value is -1.51. The van der Waals surface area contributed by atoms with Gasteiger partial charge in [-0.1, -0.05) is 0 Å². The van der Waals surface area contributed by atoms with E-state index in [0.29, 0.717) is 5.76 Å².